The number of carbonyl (C=O) groups excluding carboxylic acids is 1. The van der Waals surface area contributed by atoms with Gasteiger partial charge in [-0.05, 0) is 24.6 Å². The van der Waals surface area contributed by atoms with Crippen LogP contribution in [0.15, 0.2) is 12.1 Å². The molecule has 1 aromatic rings. The summed E-state index contributed by atoms with van der Waals surface area (Å²) in [5.74, 6) is -0.634. The van der Waals surface area contributed by atoms with Crippen molar-refractivity contribution < 1.29 is 9.18 Å². The monoisotopic (exact) mass is 258 g/mol. The van der Waals surface area contributed by atoms with Gasteiger partial charge in [-0.1, -0.05) is 25.4 Å². The molecule has 5 heteroatoms. The minimum Gasteiger partial charge on any atom is -0.324 e. The van der Waals surface area contributed by atoms with E-state index in [0.717, 1.165) is 0 Å². The van der Waals surface area contributed by atoms with Crippen LogP contribution in [0.3, 0.4) is 0 Å². The molecule has 1 rings (SSSR count). The molecular formula is C12H16ClFN2O. The highest BCUT2D eigenvalue weighted by Crippen LogP contribution is 2.24. The third kappa shape index (κ3) is 4.32. The Morgan fingerprint density at radius 1 is 1.47 bits per heavy atom. The summed E-state index contributed by atoms with van der Waals surface area (Å²) < 4.78 is 13.3. The van der Waals surface area contributed by atoms with Crippen molar-refractivity contribution in [1.82, 2.24) is 5.32 Å². The molecule has 17 heavy (non-hydrogen) atoms. The molecule has 0 saturated heterocycles. The molecule has 2 N–H and O–H groups in total. The zero-order valence-electron chi connectivity index (χ0n) is 10.1. The fraction of sp³-hybridized carbons (Fsp3) is 0.417. The maximum Gasteiger partial charge on any atom is 0.238 e. The molecule has 0 heterocycles. The Morgan fingerprint density at radius 3 is 2.71 bits per heavy atom. The van der Waals surface area contributed by atoms with E-state index in [1.54, 1.807) is 6.92 Å². The first-order valence-corrected chi connectivity index (χ1v) is 5.77. The number of amides is 1. The number of rotatable bonds is 4. The molecule has 0 aliphatic rings. The molecule has 0 bridgehead atoms. The van der Waals surface area contributed by atoms with Crippen molar-refractivity contribution in [2.45, 2.75) is 26.8 Å². The Kier molecular flexibility index (Phi) is 4.90. The van der Waals surface area contributed by atoms with Crippen LogP contribution in [0.25, 0.3) is 0 Å². The van der Waals surface area contributed by atoms with E-state index in [2.05, 4.69) is 10.6 Å². The Balaban J connectivity index is 2.68. The standard InChI is InChI=1S/C12H16ClFN2O/c1-7(2)15-6-12(17)16-11-5-10(14)8(3)4-9(11)13/h4-5,7,15H,6H2,1-3H3,(H,16,17). The highest BCUT2D eigenvalue weighted by atomic mass is 35.5. The van der Waals surface area contributed by atoms with Gasteiger partial charge in [0, 0.05) is 6.04 Å². The maximum absolute atomic E-state index is 13.3. The van der Waals surface area contributed by atoms with E-state index >= 15 is 0 Å². The summed E-state index contributed by atoms with van der Waals surface area (Å²) in [6, 6.07) is 2.93. The summed E-state index contributed by atoms with van der Waals surface area (Å²) in [5.41, 5.74) is 0.749. The molecule has 0 atom stereocenters. The number of aryl methyl sites for hydroxylation is 1. The summed E-state index contributed by atoms with van der Waals surface area (Å²) in [7, 11) is 0. The summed E-state index contributed by atoms with van der Waals surface area (Å²) in [5, 5.41) is 5.86. The fourth-order valence-electron chi connectivity index (χ4n) is 1.23. The van der Waals surface area contributed by atoms with Crippen molar-refractivity contribution >= 4 is 23.2 Å². The lowest BCUT2D eigenvalue weighted by atomic mass is 10.2. The molecule has 1 amide bonds. The van der Waals surface area contributed by atoms with Crippen LogP contribution >= 0.6 is 11.6 Å². The van der Waals surface area contributed by atoms with Crippen molar-refractivity contribution in [2.75, 3.05) is 11.9 Å². The minimum absolute atomic E-state index is 0.170. The molecule has 0 spiro atoms. The van der Waals surface area contributed by atoms with Crippen LogP contribution in [0.5, 0.6) is 0 Å². The van der Waals surface area contributed by atoms with Gasteiger partial charge < -0.3 is 10.6 Å². The molecule has 0 saturated carbocycles. The first kappa shape index (κ1) is 13.9. The summed E-state index contributed by atoms with van der Waals surface area (Å²) in [6.07, 6.45) is 0. The fourth-order valence-corrected chi connectivity index (χ4v) is 1.50. The molecule has 1 aromatic carbocycles. The lowest BCUT2D eigenvalue weighted by Gasteiger charge is -2.10. The van der Waals surface area contributed by atoms with E-state index in [-0.39, 0.29) is 24.3 Å². The normalized spacial score (nSPS) is 10.7. The second-order valence-corrected chi connectivity index (χ2v) is 4.57. The molecular weight excluding hydrogens is 243 g/mol. The first-order valence-electron chi connectivity index (χ1n) is 5.39. The van der Waals surface area contributed by atoms with Gasteiger partial charge in [-0.15, -0.1) is 0 Å². The van der Waals surface area contributed by atoms with E-state index < -0.39 is 0 Å². The summed E-state index contributed by atoms with van der Waals surface area (Å²) >= 11 is 5.91. The average molecular weight is 259 g/mol. The van der Waals surface area contributed by atoms with Crippen LogP contribution < -0.4 is 10.6 Å². The molecule has 0 aromatic heterocycles. The second-order valence-electron chi connectivity index (χ2n) is 4.17. The predicted molar refractivity (Wildman–Crippen MR) is 67.9 cm³/mol. The summed E-state index contributed by atoms with van der Waals surface area (Å²) in [6.45, 7) is 5.66. The number of anilines is 1. The molecule has 0 radical (unpaired) electrons. The quantitative estimate of drug-likeness (QED) is 0.872. The van der Waals surface area contributed by atoms with Crippen LogP contribution in [0.4, 0.5) is 10.1 Å². The number of carbonyl (C=O) groups is 1. The van der Waals surface area contributed by atoms with Crippen molar-refractivity contribution in [1.29, 1.82) is 0 Å². The van der Waals surface area contributed by atoms with E-state index in [0.29, 0.717) is 16.3 Å². The topological polar surface area (TPSA) is 41.1 Å². The lowest BCUT2D eigenvalue weighted by molar-refractivity contribution is -0.115. The Labute approximate surface area is 105 Å². The largest absolute Gasteiger partial charge is 0.324 e. The van der Waals surface area contributed by atoms with E-state index in [1.165, 1.54) is 12.1 Å². The molecule has 94 valence electrons. The van der Waals surface area contributed by atoms with Crippen molar-refractivity contribution in [3.8, 4) is 0 Å². The van der Waals surface area contributed by atoms with Gasteiger partial charge in [-0.25, -0.2) is 4.39 Å². The van der Waals surface area contributed by atoms with Crippen LogP contribution in [0, 0.1) is 12.7 Å². The predicted octanol–water partition coefficient (Wildman–Crippen LogP) is 2.72. The van der Waals surface area contributed by atoms with E-state index in [9.17, 15) is 9.18 Å². The zero-order chi connectivity index (χ0) is 13.0. The Bertz CT molecular complexity index is 421. The van der Waals surface area contributed by atoms with Crippen molar-refractivity contribution in [3.05, 3.63) is 28.5 Å². The number of hydrogen-bond acceptors (Lipinski definition) is 2. The van der Waals surface area contributed by atoms with E-state index in [1.807, 2.05) is 13.8 Å². The summed E-state index contributed by atoms with van der Waals surface area (Å²) in [4.78, 5) is 11.5. The van der Waals surface area contributed by atoms with Gasteiger partial charge in [0.15, 0.2) is 0 Å². The van der Waals surface area contributed by atoms with Gasteiger partial charge in [0.05, 0.1) is 17.3 Å². The molecule has 3 nitrogen and oxygen atoms in total. The average Bonchev–Trinajstić information content (AvgIpc) is 2.23. The first-order chi connectivity index (χ1) is 7.90. The third-order valence-corrected chi connectivity index (χ3v) is 2.51. The second kappa shape index (κ2) is 5.98. The van der Waals surface area contributed by atoms with Gasteiger partial charge in [0.25, 0.3) is 0 Å². The molecule has 0 unspecified atom stereocenters. The van der Waals surface area contributed by atoms with Gasteiger partial charge in [0.1, 0.15) is 5.82 Å². The molecule has 0 aliphatic heterocycles. The van der Waals surface area contributed by atoms with Crippen LogP contribution in [0.2, 0.25) is 5.02 Å². The third-order valence-electron chi connectivity index (χ3n) is 2.19. The molecule has 0 aliphatic carbocycles. The van der Waals surface area contributed by atoms with Crippen molar-refractivity contribution in [3.63, 3.8) is 0 Å². The number of nitrogens with one attached hydrogen (secondary N) is 2. The number of halogens is 2. The van der Waals surface area contributed by atoms with Crippen LogP contribution in [0.1, 0.15) is 19.4 Å². The highest BCUT2D eigenvalue weighted by molar-refractivity contribution is 6.33. The van der Waals surface area contributed by atoms with E-state index in [4.69, 9.17) is 11.6 Å². The highest BCUT2D eigenvalue weighted by Gasteiger charge is 2.09. The van der Waals surface area contributed by atoms with Crippen LogP contribution in [-0.2, 0) is 4.79 Å². The van der Waals surface area contributed by atoms with Gasteiger partial charge in [-0.2, -0.15) is 0 Å². The van der Waals surface area contributed by atoms with Crippen molar-refractivity contribution in [2.24, 2.45) is 0 Å². The molecule has 0 fully saturated rings. The van der Waals surface area contributed by atoms with Gasteiger partial charge >= 0.3 is 0 Å². The Hall–Kier alpha value is -1.13. The Morgan fingerprint density at radius 2 is 2.12 bits per heavy atom. The number of benzene rings is 1. The SMILES string of the molecule is Cc1cc(Cl)c(NC(=O)CNC(C)C)cc1F. The lowest BCUT2D eigenvalue weighted by Crippen LogP contribution is -2.32. The van der Waals surface area contributed by atoms with Gasteiger partial charge in [0.2, 0.25) is 5.91 Å². The van der Waals surface area contributed by atoms with Gasteiger partial charge in [-0.3, -0.25) is 4.79 Å². The smallest absolute Gasteiger partial charge is 0.238 e. The minimum atomic E-state index is -0.387. The maximum atomic E-state index is 13.3. The van der Waals surface area contributed by atoms with Crippen LogP contribution in [-0.4, -0.2) is 18.5 Å². The number of hydrogen-bond donors (Lipinski definition) is 2. The zero-order valence-corrected chi connectivity index (χ0v) is 10.9.